The Bertz CT molecular complexity index is 1000. The fraction of sp³-hybridized carbons (Fsp3) is 0.417. The van der Waals surface area contributed by atoms with E-state index in [0.29, 0.717) is 41.6 Å². The van der Waals surface area contributed by atoms with Crippen LogP contribution < -0.4 is 10.1 Å². The van der Waals surface area contributed by atoms with Gasteiger partial charge in [0.1, 0.15) is 17.4 Å². The molecule has 1 unspecified atom stereocenters. The Kier molecular flexibility index (Phi) is 7.17. The second kappa shape index (κ2) is 9.83. The smallest absolute Gasteiger partial charge is 0.260 e. The highest BCUT2D eigenvalue weighted by molar-refractivity contribution is 6.06. The number of nitrogens with one attached hydrogen (secondary N) is 2. The number of anilines is 1. The molecule has 0 aliphatic carbocycles. The van der Waals surface area contributed by atoms with Crippen molar-refractivity contribution >= 4 is 23.2 Å². The molecule has 1 atom stereocenters. The SMILES string of the molecule is CCC(C)C(=N)c1cccc(NC(=O)c2cc3c(cc2OC)CCN(CC(C)=O)C3)n1. The van der Waals surface area contributed by atoms with Gasteiger partial charge in [-0.3, -0.25) is 14.5 Å². The van der Waals surface area contributed by atoms with Gasteiger partial charge in [-0.15, -0.1) is 0 Å². The minimum atomic E-state index is -0.317. The predicted molar refractivity (Wildman–Crippen MR) is 121 cm³/mol. The molecule has 0 spiro atoms. The van der Waals surface area contributed by atoms with Crippen molar-refractivity contribution in [3.63, 3.8) is 0 Å². The standard InChI is InChI=1S/C24H30N4O3/c1-5-15(2)23(25)20-7-6-8-22(26-20)27-24(30)19-11-18-14-28(13-16(3)29)10-9-17(18)12-21(19)31-4/h6-8,11-12,15,25H,5,9-10,13-14H2,1-4H3,(H,26,27,30). The Morgan fingerprint density at radius 1 is 1.29 bits per heavy atom. The number of rotatable bonds is 8. The Morgan fingerprint density at radius 2 is 2.06 bits per heavy atom. The molecule has 1 aliphatic rings. The minimum absolute atomic E-state index is 0.0946. The zero-order valence-electron chi connectivity index (χ0n) is 18.6. The van der Waals surface area contributed by atoms with Crippen molar-refractivity contribution < 1.29 is 14.3 Å². The number of aromatic nitrogens is 1. The molecular weight excluding hydrogens is 392 g/mol. The largest absolute Gasteiger partial charge is 0.496 e. The summed E-state index contributed by atoms with van der Waals surface area (Å²) in [6, 6.07) is 9.05. The number of hydrogen-bond acceptors (Lipinski definition) is 6. The number of ketones is 1. The van der Waals surface area contributed by atoms with E-state index in [1.165, 1.54) is 0 Å². The number of benzene rings is 1. The number of fused-ring (bicyclic) bond motifs is 1. The summed E-state index contributed by atoms with van der Waals surface area (Å²) in [7, 11) is 1.55. The first-order chi connectivity index (χ1) is 14.8. The van der Waals surface area contributed by atoms with Gasteiger partial charge in [0, 0.05) is 13.1 Å². The van der Waals surface area contributed by atoms with Gasteiger partial charge in [0.2, 0.25) is 0 Å². The molecule has 0 bridgehead atoms. The van der Waals surface area contributed by atoms with Crippen LogP contribution in [0.4, 0.5) is 5.82 Å². The van der Waals surface area contributed by atoms with Gasteiger partial charge in [0.25, 0.3) is 5.91 Å². The van der Waals surface area contributed by atoms with Crippen molar-refractivity contribution in [3.05, 3.63) is 52.7 Å². The summed E-state index contributed by atoms with van der Waals surface area (Å²) in [6.07, 6.45) is 1.66. The number of pyridine rings is 1. The first kappa shape index (κ1) is 22.6. The highest BCUT2D eigenvalue weighted by Gasteiger charge is 2.22. The first-order valence-electron chi connectivity index (χ1n) is 10.6. The molecule has 2 heterocycles. The first-order valence-corrected chi connectivity index (χ1v) is 10.6. The fourth-order valence-corrected chi connectivity index (χ4v) is 3.74. The van der Waals surface area contributed by atoms with Gasteiger partial charge < -0.3 is 15.5 Å². The average molecular weight is 423 g/mol. The van der Waals surface area contributed by atoms with Crippen LogP contribution in [-0.2, 0) is 17.8 Å². The van der Waals surface area contributed by atoms with Gasteiger partial charge in [0.15, 0.2) is 0 Å². The van der Waals surface area contributed by atoms with Crippen LogP contribution >= 0.6 is 0 Å². The second-order valence-corrected chi connectivity index (χ2v) is 8.07. The van der Waals surface area contributed by atoms with Crippen molar-refractivity contribution in [1.82, 2.24) is 9.88 Å². The Labute approximate surface area is 183 Å². The molecule has 7 nitrogen and oxygen atoms in total. The maximum absolute atomic E-state index is 13.1. The molecule has 0 fully saturated rings. The molecule has 0 saturated heterocycles. The zero-order chi connectivity index (χ0) is 22.5. The third-order valence-corrected chi connectivity index (χ3v) is 5.68. The quantitative estimate of drug-likeness (QED) is 0.633. The van der Waals surface area contributed by atoms with Gasteiger partial charge in [-0.1, -0.05) is 19.9 Å². The predicted octanol–water partition coefficient (Wildman–Crippen LogP) is 3.70. The Hall–Kier alpha value is -3.06. The summed E-state index contributed by atoms with van der Waals surface area (Å²) in [5.74, 6) is 0.817. The normalized spacial score (nSPS) is 14.5. The lowest BCUT2D eigenvalue weighted by Gasteiger charge is -2.28. The molecule has 1 amide bonds. The molecule has 7 heteroatoms. The lowest BCUT2D eigenvalue weighted by molar-refractivity contribution is -0.118. The highest BCUT2D eigenvalue weighted by atomic mass is 16.5. The van der Waals surface area contributed by atoms with E-state index in [-0.39, 0.29) is 17.6 Å². The van der Waals surface area contributed by atoms with Crippen molar-refractivity contribution in [2.75, 3.05) is 25.5 Å². The van der Waals surface area contributed by atoms with E-state index in [9.17, 15) is 9.59 Å². The van der Waals surface area contributed by atoms with Crippen LogP contribution in [0.15, 0.2) is 30.3 Å². The van der Waals surface area contributed by atoms with E-state index in [1.807, 2.05) is 26.0 Å². The molecule has 0 saturated carbocycles. The Balaban J connectivity index is 1.83. The van der Waals surface area contributed by atoms with Crippen molar-refractivity contribution in [1.29, 1.82) is 5.41 Å². The minimum Gasteiger partial charge on any atom is -0.496 e. The molecule has 31 heavy (non-hydrogen) atoms. The van der Waals surface area contributed by atoms with E-state index in [2.05, 4.69) is 15.2 Å². The highest BCUT2D eigenvalue weighted by Crippen LogP contribution is 2.28. The molecule has 0 radical (unpaired) electrons. The third-order valence-electron chi connectivity index (χ3n) is 5.68. The molecular formula is C24H30N4O3. The molecule has 164 valence electrons. The summed E-state index contributed by atoms with van der Waals surface area (Å²) in [5.41, 5.74) is 3.60. The van der Waals surface area contributed by atoms with Crippen LogP contribution in [0.5, 0.6) is 5.75 Å². The number of carbonyl (C=O) groups is 2. The van der Waals surface area contributed by atoms with E-state index >= 15 is 0 Å². The van der Waals surface area contributed by atoms with Crippen LogP contribution in [0.3, 0.4) is 0 Å². The summed E-state index contributed by atoms with van der Waals surface area (Å²) in [6.45, 7) is 7.45. The summed E-state index contributed by atoms with van der Waals surface area (Å²) in [4.78, 5) is 31.1. The van der Waals surface area contributed by atoms with Crippen LogP contribution in [0.1, 0.15) is 54.4 Å². The summed E-state index contributed by atoms with van der Waals surface area (Å²) < 4.78 is 5.49. The zero-order valence-corrected chi connectivity index (χ0v) is 18.6. The van der Waals surface area contributed by atoms with Gasteiger partial charge in [0.05, 0.1) is 30.6 Å². The number of methoxy groups -OCH3 is 1. The average Bonchev–Trinajstić information content (AvgIpc) is 2.76. The lowest BCUT2D eigenvalue weighted by Crippen LogP contribution is -2.34. The third kappa shape index (κ3) is 5.35. The number of Topliss-reactive ketones (excluding diaryl/α,β-unsaturated/α-hetero) is 1. The van der Waals surface area contributed by atoms with Crippen LogP contribution in [-0.4, -0.2) is 47.5 Å². The van der Waals surface area contributed by atoms with E-state index < -0.39 is 0 Å². The van der Waals surface area contributed by atoms with E-state index in [0.717, 1.165) is 30.5 Å². The lowest BCUT2D eigenvalue weighted by atomic mass is 9.96. The maximum atomic E-state index is 13.1. The van der Waals surface area contributed by atoms with Gasteiger partial charge in [-0.25, -0.2) is 4.98 Å². The second-order valence-electron chi connectivity index (χ2n) is 8.07. The van der Waals surface area contributed by atoms with Crippen LogP contribution in [0.25, 0.3) is 0 Å². The van der Waals surface area contributed by atoms with Gasteiger partial charge in [-0.2, -0.15) is 0 Å². The summed E-state index contributed by atoms with van der Waals surface area (Å²) in [5, 5.41) is 11.1. The van der Waals surface area contributed by atoms with Crippen LogP contribution in [0.2, 0.25) is 0 Å². The number of ether oxygens (including phenoxy) is 1. The Morgan fingerprint density at radius 3 is 2.74 bits per heavy atom. The van der Waals surface area contributed by atoms with Crippen molar-refractivity contribution in [2.45, 2.75) is 40.2 Å². The van der Waals surface area contributed by atoms with Gasteiger partial charge in [-0.05, 0) is 61.1 Å². The van der Waals surface area contributed by atoms with E-state index in [4.69, 9.17) is 10.1 Å². The van der Waals surface area contributed by atoms with Crippen molar-refractivity contribution in [2.24, 2.45) is 5.92 Å². The topological polar surface area (TPSA) is 95.4 Å². The fourth-order valence-electron chi connectivity index (χ4n) is 3.74. The number of amides is 1. The molecule has 1 aliphatic heterocycles. The molecule has 3 rings (SSSR count). The van der Waals surface area contributed by atoms with Crippen LogP contribution in [0, 0.1) is 11.3 Å². The molecule has 2 aromatic rings. The van der Waals surface area contributed by atoms with E-state index in [1.54, 1.807) is 32.2 Å². The monoisotopic (exact) mass is 422 g/mol. The summed E-state index contributed by atoms with van der Waals surface area (Å²) >= 11 is 0. The van der Waals surface area contributed by atoms with Gasteiger partial charge >= 0.3 is 0 Å². The maximum Gasteiger partial charge on any atom is 0.260 e. The molecule has 1 aromatic carbocycles. The number of carbonyl (C=O) groups excluding carboxylic acids is 2. The number of nitrogens with zero attached hydrogens (tertiary/aromatic N) is 2. The molecule has 1 aromatic heterocycles. The van der Waals surface area contributed by atoms with Crippen molar-refractivity contribution in [3.8, 4) is 5.75 Å². The number of hydrogen-bond donors (Lipinski definition) is 2. The molecule has 2 N–H and O–H groups in total.